The predicted molar refractivity (Wildman–Crippen MR) is 98.3 cm³/mol. The summed E-state index contributed by atoms with van der Waals surface area (Å²) in [6.45, 7) is 6.07. The highest BCUT2D eigenvalue weighted by Gasteiger charge is 2.37. The van der Waals surface area contributed by atoms with E-state index in [4.69, 9.17) is 0 Å². The molecule has 0 aliphatic carbocycles. The Bertz CT molecular complexity index is 635. The Morgan fingerprint density at radius 2 is 2.00 bits per heavy atom. The first-order chi connectivity index (χ1) is 12.4. The summed E-state index contributed by atoms with van der Waals surface area (Å²) in [5, 5.41) is 0. The van der Waals surface area contributed by atoms with Crippen molar-refractivity contribution in [1.29, 1.82) is 0 Å². The van der Waals surface area contributed by atoms with Gasteiger partial charge < -0.3 is 19.3 Å². The number of rotatable bonds is 6. The molecule has 1 aromatic heterocycles. The Morgan fingerprint density at radius 1 is 1.27 bits per heavy atom. The Kier molecular flexibility index (Phi) is 5.93. The van der Waals surface area contributed by atoms with Crippen molar-refractivity contribution in [3.63, 3.8) is 0 Å². The van der Waals surface area contributed by atoms with Crippen molar-refractivity contribution in [2.75, 3.05) is 59.9 Å². The highest BCUT2D eigenvalue weighted by atomic mass is 16.2. The fraction of sp³-hybridized carbons (Fsp3) is 0.722. The largest absolute Gasteiger partial charge is 0.341 e. The first-order valence-corrected chi connectivity index (χ1v) is 9.34. The smallest absolute Gasteiger partial charge is 0.228 e. The van der Waals surface area contributed by atoms with Gasteiger partial charge in [0, 0.05) is 71.7 Å². The van der Waals surface area contributed by atoms with E-state index < -0.39 is 0 Å². The van der Waals surface area contributed by atoms with Crippen LogP contribution in [0, 0.1) is 5.92 Å². The van der Waals surface area contributed by atoms with Crippen LogP contribution in [0.5, 0.6) is 0 Å². The lowest BCUT2D eigenvalue weighted by atomic mass is 10.1. The van der Waals surface area contributed by atoms with Crippen molar-refractivity contribution in [2.45, 2.75) is 13.0 Å². The second-order valence-electron chi connectivity index (χ2n) is 7.60. The number of nitrogens with zero attached hydrogens (tertiary/aromatic N) is 6. The molecule has 2 amide bonds. The zero-order valence-corrected chi connectivity index (χ0v) is 16.1. The lowest BCUT2D eigenvalue weighted by molar-refractivity contribution is -0.137. The standard InChI is InChI=1S/C18H30N6O2/c1-20(2)6-9-24-13-15(12-17(24)25)18(26)23-10-7-22(8-11-23)14-16-19-4-5-21(16)3/h4-5,15H,6-14H2,1-3H3/t15-/m0/s1. The Balaban J connectivity index is 1.46. The number of imidazole rings is 1. The molecule has 144 valence electrons. The van der Waals surface area contributed by atoms with Gasteiger partial charge in [0.15, 0.2) is 0 Å². The maximum atomic E-state index is 12.8. The van der Waals surface area contributed by atoms with Gasteiger partial charge in [-0.05, 0) is 14.1 Å². The lowest BCUT2D eigenvalue weighted by Crippen LogP contribution is -2.50. The second-order valence-corrected chi connectivity index (χ2v) is 7.60. The summed E-state index contributed by atoms with van der Waals surface area (Å²) in [4.78, 5) is 37.5. The number of carbonyl (C=O) groups excluding carboxylic acids is 2. The van der Waals surface area contributed by atoms with Crippen LogP contribution in [0.1, 0.15) is 12.2 Å². The number of carbonyl (C=O) groups is 2. The number of hydrogen-bond donors (Lipinski definition) is 0. The number of likely N-dealkylation sites (N-methyl/N-ethyl adjacent to an activating group) is 1. The molecule has 0 spiro atoms. The molecule has 2 aliphatic heterocycles. The second kappa shape index (κ2) is 8.18. The van der Waals surface area contributed by atoms with Crippen molar-refractivity contribution in [1.82, 2.24) is 29.2 Å². The van der Waals surface area contributed by atoms with E-state index in [1.807, 2.05) is 47.9 Å². The van der Waals surface area contributed by atoms with Gasteiger partial charge in [-0.15, -0.1) is 0 Å². The molecule has 0 N–H and O–H groups in total. The van der Waals surface area contributed by atoms with Crippen LogP contribution in [0.15, 0.2) is 12.4 Å². The number of piperazine rings is 1. The molecule has 0 radical (unpaired) electrons. The summed E-state index contributed by atoms with van der Waals surface area (Å²) in [7, 11) is 5.99. The molecule has 0 aromatic carbocycles. The van der Waals surface area contributed by atoms with E-state index in [1.165, 1.54) is 0 Å². The van der Waals surface area contributed by atoms with Crippen molar-refractivity contribution in [3.8, 4) is 0 Å². The van der Waals surface area contributed by atoms with Crippen LogP contribution in [0.25, 0.3) is 0 Å². The van der Waals surface area contributed by atoms with Gasteiger partial charge in [-0.1, -0.05) is 0 Å². The van der Waals surface area contributed by atoms with Gasteiger partial charge in [-0.2, -0.15) is 0 Å². The normalized spacial score (nSPS) is 21.8. The van der Waals surface area contributed by atoms with E-state index in [1.54, 1.807) is 0 Å². The SMILES string of the molecule is CN(C)CCN1C[C@@H](C(=O)N2CCN(Cc3nccn3C)CC2)CC1=O. The van der Waals surface area contributed by atoms with Gasteiger partial charge in [0.2, 0.25) is 11.8 Å². The summed E-state index contributed by atoms with van der Waals surface area (Å²) in [6, 6.07) is 0. The Hall–Kier alpha value is -1.93. The lowest BCUT2D eigenvalue weighted by Gasteiger charge is -2.35. The molecule has 1 atom stereocenters. The van der Waals surface area contributed by atoms with Crippen LogP contribution in [0.3, 0.4) is 0 Å². The number of hydrogen-bond acceptors (Lipinski definition) is 5. The van der Waals surface area contributed by atoms with Crippen molar-refractivity contribution in [2.24, 2.45) is 13.0 Å². The van der Waals surface area contributed by atoms with Crippen molar-refractivity contribution in [3.05, 3.63) is 18.2 Å². The van der Waals surface area contributed by atoms with Gasteiger partial charge >= 0.3 is 0 Å². The minimum absolute atomic E-state index is 0.110. The topological polar surface area (TPSA) is 64.9 Å². The minimum Gasteiger partial charge on any atom is -0.341 e. The highest BCUT2D eigenvalue weighted by molar-refractivity contribution is 5.89. The predicted octanol–water partition coefficient (Wildman–Crippen LogP) is -0.526. The third kappa shape index (κ3) is 4.42. The molecule has 26 heavy (non-hydrogen) atoms. The fourth-order valence-corrected chi connectivity index (χ4v) is 3.61. The Morgan fingerprint density at radius 3 is 2.62 bits per heavy atom. The molecule has 8 heteroatoms. The molecule has 2 fully saturated rings. The molecule has 3 rings (SSSR count). The van der Waals surface area contributed by atoms with Crippen LogP contribution in [-0.2, 0) is 23.2 Å². The first-order valence-electron chi connectivity index (χ1n) is 9.34. The van der Waals surface area contributed by atoms with Gasteiger partial charge in [0.25, 0.3) is 0 Å². The van der Waals surface area contributed by atoms with E-state index in [0.717, 1.165) is 45.1 Å². The zero-order chi connectivity index (χ0) is 18.7. The van der Waals surface area contributed by atoms with E-state index in [-0.39, 0.29) is 17.7 Å². The van der Waals surface area contributed by atoms with E-state index in [9.17, 15) is 9.59 Å². The van der Waals surface area contributed by atoms with Crippen LogP contribution in [-0.4, -0.2) is 101 Å². The molecule has 2 saturated heterocycles. The molecule has 8 nitrogen and oxygen atoms in total. The number of aromatic nitrogens is 2. The van der Waals surface area contributed by atoms with Crippen LogP contribution < -0.4 is 0 Å². The zero-order valence-electron chi connectivity index (χ0n) is 16.1. The molecule has 1 aromatic rings. The van der Waals surface area contributed by atoms with Gasteiger partial charge in [-0.25, -0.2) is 4.98 Å². The number of aryl methyl sites for hydroxylation is 1. The van der Waals surface area contributed by atoms with Crippen LogP contribution in [0.4, 0.5) is 0 Å². The van der Waals surface area contributed by atoms with E-state index >= 15 is 0 Å². The summed E-state index contributed by atoms with van der Waals surface area (Å²) >= 11 is 0. The quantitative estimate of drug-likeness (QED) is 0.681. The van der Waals surface area contributed by atoms with Crippen LogP contribution in [0.2, 0.25) is 0 Å². The van der Waals surface area contributed by atoms with Gasteiger partial charge in [-0.3, -0.25) is 14.5 Å². The van der Waals surface area contributed by atoms with Crippen molar-refractivity contribution < 1.29 is 9.59 Å². The van der Waals surface area contributed by atoms with E-state index in [2.05, 4.69) is 14.8 Å². The maximum Gasteiger partial charge on any atom is 0.228 e. The monoisotopic (exact) mass is 362 g/mol. The molecule has 0 saturated carbocycles. The van der Waals surface area contributed by atoms with Crippen LogP contribution >= 0.6 is 0 Å². The number of amides is 2. The molecular weight excluding hydrogens is 332 g/mol. The highest BCUT2D eigenvalue weighted by Crippen LogP contribution is 2.21. The average Bonchev–Trinajstić information content (AvgIpc) is 3.19. The first kappa shape index (κ1) is 18.8. The summed E-state index contributed by atoms with van der Waals surface area (Å²) < 4.78 is 2.03. The fourth-order valence-electron chi connectivity index (χ4n) is 3.61. The third-order valence-electron chi connectivity index (χ3n) is 5.35. The molecule has 0 unspecified atom stereocenters. The van der Waals surface area contributed by atoms with Gasteiger partial charge in [0.1, 0.15) is 5.82 Å². The van der Waals surface area contributed by atoms with E-state index in [0.29, 0.717) is 19.5 Å². The summed E-state index contributed by atoms with van der Waals surface area (Å²) in [6.07, 6.45) is 4.13. The minimum atomic E-state index is -0.175. The molecule has 3 heterocycles. The third-order valence-corrected chi connectivity index (χ3v) is 5.35. The summed E-state index contributed by atoms with van der Waals surface area (Å²) in [5.41, 5.74) is 0. The summed E-state index contributed by atoms with van der Waals surface area (Å²) in [5.74, 6) is 1.12. The maximum absolute atomic E-state index is 12.8. The molecule has 2 aliphatic rings. The number of likely N-dealkylation sites (tertiary alicyclic amines) is 1. The molecular formula is C18H30N6O2. The average molecular weight is 362 g/mol. The van der Waals surface area contributed by atoms with Crippen molar-refractivity contribution >= 4 is 11.8 Å². The van der Waals surface area contributed by atoms with Gasteiger partial charge in [0.05, 0.1) is 12.5 Å². The molecule has 0 bridgehead atoms. The Labute approximate surface area is 155 Å².